The highest BCUT2D eigenvalue weighted by molar-refractivity contribution is 6.12. The first-order valence-electron chi connectivity index (χ1n) is 13.2. The fraction of sp³-hybridized carbons (Fsp3) is 0. The topological polar surface area (TPSA) is 56.7 Å². The van der Waals surface area contributed by atoms with Gasteiger partial charge in [-0.25, -0.2) is 15.0 Å². The monoisotopic (exact) mass is 514 g/mol. The van der Waals surface area contributed by atoms with Crippen molar-refractivity contribution in [3.8, 4) is 39.6 Å². The van der Waals surface area contributed by atoms with Crippen molar-refractivity contribution in [2.24, 2.45) is 0 Å². The van der Waals surface area contributed by atoms with E-state index in [1.807, 2.05) is 79.1 Å². The van der Waals surface area contributed by atoms with Gasteiger partial charge in [-0.2, -0.15) is 0 Å². The van der Waals surface area contributed by atoms with Crippen molar-refractivity contribution in [2.75, 3.05) is 0 Å². The van der Waals surface area contributed by atoms with Crippen molar-refractivity contribution in [1.29, 1.82) is 0 Å². The molecule has 0 radical (unpaired) electrons. The maximum atomic E-state index is 6.30. The van der Waals surface area contributed by atoms with E-state index >= 15 is 0 Å². The van der Waals surface area contributed by atoms with Crippen LogP contribution in [0, 0.1) is 0 Å². The molecule has 0 atom stereocenters. The molecule has 0 N–H and O–H groups in total. The predicted molar refractivity (Wildman–Crippen MR) is 160 cm³/mol. The molecule has 0 bridgehead atoms. The summed E-state index contributed by atoms with van der Waals surface area (Å²) in [4.78, 5) is 14.6. The average Bonchev–Trinajstić information content (AvgIpc) is 3.60. The molecular weight excluding hydrogens is 492 g/mol. The first-order chi connectivity index (χ1) is 19.8. The maximum Gasteiger partial charge on any atom is 0.159 e. The number of hydrogen-bond donors (Lipinski definition) is 0. The summed E-state index contributed by atoms with van der Waals surface area (Å²) >= 11 is 0. The minimum atomic E-state index is 0.645. The molecule has 0 aliphatic heterocycles. The third kappa shape index (κ3) is 3.60. The number of benzene rings is 5. The van der Waals surface area contributed by atoms with Crippen LogP contribution < -0.4 is 0 Å². The number of hydrogen-bond acceptors (Lipinski definition) is 4. The quantitative estimate of drug-likeness (QED) is 0.236. The normalized spacial score (nSPS) is 11.5. The van der Waals surface area contributed by atoms with Gasteiger partial charge in [0.2, 0.25) is 0 Å². The Balaban J connectivity index is 1.24. The minimum Gasteiger partial charge on any atom is -0.456 e. The molecule has 5 aromatic carbocycles. The van der Waals surface area contributed by atoms with E-state index in [-0.39, 0.29) is 0 Å². The van der Waals surface area contributed by atoms with E-state index in [0.29, 0.717) is 5.82 Å². The molecule has 0 spiro atoms. The SMILES string of the molecule is c1ccc(-c2ccc3c(c2)oc2cccc(-c4ncc(-c5nc6ccccc6n5-c5ccccc5)cn4)c23)cc1. The molecule has 3 aromatic heterocycles. The Kier molecular flexibility index (Phi) is 5.07. The smallest absolute Gasteiger partial charge is 0.159 e. The number of aromatic nitrogens is 4. The molecule has 8 aromatic rings. The van der Waals surface area contributed by atoms with Crippen LogP contribution in [0.3, 0.4) is 0 Å². The van der Waals surface area contributed by atoms with Crippen LogP contribution in [0.1, 0.15) is 0 Å². The van der Waals surface area contributed by atoms with Gasteiger partial charge in [0.15, 0.2) is 5.82 Å². The number of para-hydroxylation sites is 3. The highest BCUT2D eigenvalue weighted by atomic mass is 16.3. The van der Waals surface area contributed by atoms with Gasteiger partial charge in [0.25, 0.3) is 0 Å². The summed E-state index contributed by atoms with van der Waals surface area (Å²) in [6.45, 7) is 0. The Bertz CT molecular complexity index is 2140. The predicted octanol–water partition coefficient (Wildman–Crippen LogP) is 8.72. The summed E-state index contributed by atoms with van der Waals surface area (Å²) in [6.07, 6.45) is 3.72. The number of fused-ring (bicyclic) bond motifs is 4. The van der Waals surface area contributed by atoms with E-state index in [2.05, 4.69) is 59.2 Å². The molecule has 0 saturated carbocycles. The summed E-state index contributed by atoms with van der Waals surface area (Å²) < 4.78 is 8.45. The van der Waals surface area contributed by atoms with Crippen molar-refractivity contribution >= 4 is 33.0 Å². The second-order valence-corrected chi connectivity index (χ2v) is 9.75. The number of furan rings is 1. The van der Waals surface area contributed by atoms with E-state index in [4.69, 9.17) is 19.4 Å². The molecule has 5 nitrogen and oxygen atoms in total. The highest BCUT2D eigenvalue weighted by Crippen LogP contribution is 2.37. The zero-order valence-electron chi connectivity index (χ0n) is 21.4. The fourth-order valence-electron chi connectivity index (χ4n) is 5.46. The van der Waals surface area contributed by atoms with E-state index in [1.54, 1.807) is 0 Å². The zero-order chi connectivity index (χ0) is 26.5. The molecule has 0 amide bonds. The summed E-state index contributed by atoms with van der Waals surface area (Å²) in [5.74, 6) is 1.45. The first-order valence-corrected chi connectivity index (χ1v) is 13.2. The van der Waals surface area contributed by atoms with E-state index < -0.39 is 0 Å². The number of imidazole rings is 1. The molecule has 0 unspecified atom stereocenters. The van der Waals surface area contributed by atoms with Crippen LogP contribution in [0.5, 0.6) is 0 Å². The summed E-state index contributed by atoms with van der Waals surface area (Å²) in [5.41, 5.74) is 8.73. The van der Waals surface area contributed by atoms with Gasteiger partial charge in [-0.1, -0.05) is 78.9 Å². The molecule has 0 aliphatic carbocycles. The van der Waals surface area contributed by atoms with Gasteiger partial charge in [0.05, 0.1) is 16.6 Å². The molecular formula is C35H22N4O. The summed E-state index contributed by atoms with van der Waals surface area (Å²) in [6, 6.07) is 41.2. The zero-order valence-corrected chi connectivity index (χ0v) is 21.4. The third-order valence-electron chi connectivity index (χ3n) is 7.33. The Labute approximate surface area is 230 Å². The number of nitrogens with zero attached hydrogens (tertiary/aromatic N) is 4. The van der Waals surface area contributed by atoms with E-state index in [0.717, 1.165) is 66.7 Å². The van der Waals surface area contributed by atoms with Gasteiger partial charge < -0.3 is 4.42 Å². The van der Waals surface area contributed by atoms with Crippen LogP contribution in [0.4, 0.5) is 0 Å². The van der Waals surface area contributed by atoms with Crippen LogP contribution in [0.25, 0.3) is 72.6 Å². The van der Waals surface area contributed by atoms with Gasteiger partial charge >= 0.3 is 0 Å². The molecule has 0 fully saturated rings. The Hall–Kier alpha value is -5.55. The van der Waals surface area contributed by atoms with Gasteiger partial charge in [-0.15, -0.1) is 0 Å². The minimum absolute atomic E-state index is 0.645. The Morgan fingerprint density at radius 3 is 2.15 bits per heavy atom. The maximum absolute atomic E-state index is 6.30. The second-order valence-electron chi connectivity index (χ2n) is 9.75. The summed E-state index contributed by atoms with van der Waals surface area (Å²) in [5, 5.41) is 2.06. The molecule has 5 heteroatoms. The Morgan fingerprint density at radius 1 is 0.575 bits per heavy atom. The van der Waals surface area contributed by atoms with Gasteiger partial charge in [-0.05, 0) is 53.6 Å². The summed E-state index contributed by atoms with van der Waals surface area (Å²) in [7, 11) is 0. The molecule has 188 valence electrons. The van der Waals surface area contributed by atoms with Crippen LogP contribution in [0.2, 0.25) is 0 Å². The van der Waals surface area contributed by atoms with Crippen molar-refractivity contribution in [2.45, 2.75) is 0 Å². The molecule has 0 aliphatic rings. The van der Waals surface area contributed by atoms with Crippen LogP contribution in [-0.2, 0) is 0 Å². The largest absolute Gasteiger partial charge is 0.456 e. The lowest BCUT2D eigenvalue weighted by atomic mass is 10.0. The van der Waals surface area contributed by atoms with E-state index in [9.17, 15) is 0 Å². The fourth-order valence-corrected chi connectivity index (χ4v) is 5.46. The second kappa shape index (κ2) is 9.03. The van der Waals surface area contributed by atoms with Crippen molar-refractivity contribution in [3.05, 3.63) is 134 Å². The highest BCUT2D eigenvalue weighted by Gasteiger charge is 2.17. The van der Waals surface area contributed by atoms with Gasteiger partial charge in [0.1, 0.15) is 17.0 Å². The van der Waals surface area contributed by atoms with Crippen molar-refractivity contribution in [1.82, 2.24) is 19.5 Å². The average molecular weight is 515 g/mol. The van der Waals surface area contributed by atoms with Crippen molar-refractivity contribution in [3.63, 3.8) is 0 Å². The lowest BCUT2D eigenvalue weighted by molar-refractivity contribution is 0.669. The van der Waals surface area contributed by atoms with Crippen LogP contribution in [-0.4, -0.2) is 19.5 Å². The first kappa shape index (κ1) is 22.4. The molecule has 0 saturated heterocycles. The molecule has 40 heavy (non-hydrogen) atoms. The number of rotatable bonds is 4. The third-order valence-corrected chi connectivity index (χ3v) is 7.33. The lowest BCUT2D eigenvalue weighted by Gasteiger charge is -2.09. The molecule has 8 rings (SSSR count). The lowest BCUT2D eigenvalue weighted by Crippen LogP contribution is -1.99. The van der Waals surface area contributed by atoms with Gasteiger partial charge in [0, 0.05) is 34.4 Å². The van der Waals surface area contributed by atoms with Crippen molar-refractivity contribution < 1.29 is 4.42 Å². The molecule has 3 heterocycles. The Morgan fingerprint density at radius 2 is 1.32 bits per heavy atom. The van der Waals surface area contributed by atoms with Crippen LogP contribution in [0.15, 0.2) is 138 Å². The van der Waals surface area contributed by atoms with E-state index in [1.165, 1.54) is 0 Å². The standard InChI is InChI=1S/C35H22N4O/c1-3-10-23(11-4-1)24-18-19-27-32(20-24)40-31-17-9-14-28(33(27)31)34-36-21-25(22-37-34)35-38-29-15-7-8-16-30(29)39(35)26-12-5-2-6-13-26/h1-22H. The van der Waals surface area contributed by atoms with Gasteiger partial charge in [-0.3, -0.25) is 4.57 Å². The van der Waals surface area contributed by atoms with Crippen LogP contribution >= 0.6 is 0 Å².